The van der Waals surface area contributed by atoms with Gasteiger partial charge in [-0.25, -0.2) is 0 Å². The van der Waals surface area contributed by atoms with Crippen LogP contribution in [-0.4, -0.2) is 6.16 Å². The van der Waals surface area contributed by atoms with Gasteiger partial charge in [0.05, 0.1) is 0 Å². The Morgan fingerprint density at radius 1 is 0.789 bits per heavy atom. The summed E-state index contributed by atoms with van der Waals surface area (Å²) in [4.78, 5) is 0. The summed E-state index contributed by atoms with van der Waals surface area (Å²) in [6.07, 6.45) is 7.30. The monoisotopic (exact) mass is 262 g/mol. The van der Waals surface area contributed by atoms with Crippen molar-refractivity contribution in [2.75, 3.05) is 6.16 Å². The lowest BCUT2D eigenvalue weighted by Gasteiger charge is -2.18. The van der Waals surface area contributed by atoms with Crippen molar-refractivity contribution in [3.63, 3.8) is 0 Å². The minimum Gasteiger partial charge on any atom is -0.117 e. The van der Waals surface area contributed by atoms with Gasteiger partial charge >= 0.3 is 0 Å². The molecule has 0 aliphatic heterocycles. The lowest BCUT2D eigenvalue weighted by molar-refractivity contribution is 1.57. The summed E-state index contributed by atoms with van der Waals surface area (Å²) in [5.74, 6) is 0. The normalized spacial score (nSPS) is 13.0. The molecule has 0 saturated carbocycles. The molecule has 0 radical (unpaired) electrons. The number of benzene rings is 2. The highest BCUT2D eigenvalue weighted by Gasteiger charge is 2.14. The van der Waals surface area contributed by atoms with Crippen molar-refractivity contribution in [3.8, 4) is 0 Å². The Labute approximate surface area is 115 Å². The van der Waals surface area contributed by atoms with E-state index in [9.17, 15) is 0 Å². The highest BCUT2D eigenvalue weighted by molar-refractivity contribution is 7.73. The summed E-state index contributed by atoms with van der Waals surface area (Å²) in [6, 6.07) is 21.6. The molecule has 0 spiro atoms. The molecular weight excluding hydrogens is 247 g/mol. The molecule has 3 rings (SSSR count). The van der Waals surface area contributed by atoms with Gasteiger partial charge in [-0.3, -0.25) is 0 Å². The molecule has 1 aliphatic carbocycles. The average molecular weight is 262 g/mol. The van der Waals surface area contributed by atoms with Crippen LogP contribution in [-0.2, 0) is 0 Å². The van der Waals surface area contributed by atoms with Crippen molar-refractivity contribution < 1.29 is 0 Å². The number of allylic oxidation sites excluding steroid dienone is 3. The van der Waals surface area contributed by atoms with E-state index in [1.807, 2.05) is 6.08 Å². The third-order valence-corrected chi connectivity index (χ3v) is 5.63. The molecule has 1 aliphatic rings. The van der Waals surface area contributed by atoms with Gasteiger partial charge in [-0.2, -0.15) is 0 Å². The topological polar surface area (TPSA) is 0 Å². The molecule has 19 heavy (non-hydrogen) atoms. The Kier molecular flexibility index (Phi) is 3.75. The molecule has 2 aromatic rings. The molecule has 92 valence electrons. The standard InChI is InChI=1S/C18H15P/c1-3-11-17(12-4-1)19(15-16-9-7-8-10-16)18-13-5-2-6-14-18/h1-9,11-14H,15H2. The Morgan fingerprint density at radius 3 is 1.84 bits per heavy atom. The fourth-order valence-electron chi connectivity index (χ4n) is 2.18. The molecule has 2 aromatic carbocycles. The van der Waals surface area contributed by atoms with E-state index in [0.29, 0.717) is 0 Å². The van der Waals surface area contributed by atoms with E-state index in [0.717, 1.165) is 6.16 Å². The molecule has 0 aromatic heterocycles. The van der Waals surface area contributed by atoms with E-state index in [1.54, 1.807) is 0 Å². The van der Waals surface area contributed by atoms with Crippen molar-refractivity contribution in [1.29, 1.82) is 0 Å². The van der Waals surface area contributed by atoms with Gasteiger partial charge in [-0.1, -0.05) is 72.8 Å². The largest absolute Gasteiger partial charge is 0.117 e. The third-order valence-electron chi connectivity index (χ3n) is 3.13. The van der Waals surface area contributed by atoms with Gasteiger partial charge in [0.15, 0.2) is 0 Å². The molecule has 0 unspecified atom stereocenters. The van der Waals surface area contributed by atoms with Crippen LogP contribution in [0.2, 0.25) is 0 Å². The molecule has 0 N–H and O–H groups in total. The summed E-state index contributed by atoms with van der Waals surface area (Å²) in [7, 11) is -0.333. The van der Waals surface area contributed by atoms with Crippen molar-refractivity contribution in [1.82, 2.24) is 0 Å². The maximum atomic E-state index is 3.32. The molecule has 0 nitrogen and oxygen atoms in total. The first-order valence-electron chi connectivity index (χ1n) is 6.43. The summed E-state index contributed by atoms with van der Waals surface area (Å²) in [5.41, 5.74) is 4.63. The maximum Gasteiger partial charge on any atom is 0.00811 e. The minimum atomic E-state index is -0.333. The van der Waals surface area contributed by atoms with Gasteiger partial charge in [-0.05, 0) is 30.2 Å². The first-order valence-corrected chi connectivity index (χ1v) is 7.96. The van der Waals surface area contributed by atoms with Crippen LogP contribution in [0.25, 0.3) is 0 Å². The van der Waals surface area contributed by atoms with Crippen LogP contribution in [0.5, 0.6) is 0 Å². The zero-order valence-corrected chi connectivity index (χ0v) is 11.6. The van der Waals surface area contributed by atoms with Gasteiger partial charge < -0.3 is 0 Å². The highest BCUT2D eigenvalue weighted by Crippen LogP contribution is 2.36. The van der Waals surface area contributed by atoms with Crippen molar-refractivity contribution in [3.05, 3.63) is 90.2 Å². The van der Waals surface area contributed by atoms with Crippen LogP contribution in [0, 0.1) is 0 Å². The Hall–Kier alpha value is -1.87. The van der Waals surface area contributed by atoms with Crippen LogP contribution < -0.4 is 10.6 Å². The minimum absolute atomic E-state index is 0.333. The van der Waals surface area contributed by atoms with Crippen molar-refractivity contribution in [2.24, 2.45) is 0 Å². The van der Waals surface area contributed by atoms with Gasteiger partial charge in [-0.15, -0.1) is 5.73 Å². The first-order chi connectivity index (χ1) is 9.43. The molecule has 1 heteroatoms. The smallest absolute Gasteiger partial charge is 0.00811 e. The van der Waals surface area contributed by atoms with Crippen LogP contribution in [0.4, 0.5) is 0 Å². The fourth-order valence-corrected chi connectivity index (χ4v) is 4.45. The Balaban J connectivity index is 1.96. The van der Waals surface area contributed by atoms with E-state index >= 15 is 0 Å². The lowest BCUT2D eigenvalue weighted by atomic mass is 10.3. The van der Waals surface area contributed by atoms with Crippen LogP contribution >= 0.6 is 7.92 Å². The van der Waals surface area contributed by atoms with Crippen LogP contribution in [0.1, 0.15) is 0 Å². The molecule has 0 fully saturated rings. The van der Waals surface area contributed by atoms with Gasteiger partial charge in [0.25, 0.3) is 0 Å². The van der Waals surface area contributed by atoms with Crippen LogP contribution in [0.15, 0.2) is 90.2 Å². The third kappa shape index (κ3) is 2.93. The average Bonchev–Trinajstić information content (AvgIpc) is 3.00. The second kappa shape index (κ2) is 5.85. The second-order valence-electron chi connectivity index (χ2n) is 4.45. The molecular formula is C18H15P. The van der Waals surface area contributed by atoms with E-state index in [-0.39, 0.29) is 7.92 Å². The van der Waals surface area contributed by atoms with E-state index < -0.39 is 0 Å². The lowest BCUT2D eigenvalue weighted by Crippen LogP contribution is -2.14. The van der Waals surface area contributed by atoms with E-state index in [2.05, 4.69) is 78.5 Å². The summed E-state index contributed by atoms with van der Waals surface area (Å²) < 4.78 is 0. The quantitative estimate of drug-likeness (QED) is 0.581. The summed E-state index contributed by atoms with van der Waals surface area (Å²) >= 11 is 0. The molecule has 0 atom stereocenters. The van der Waals surface area contributed by atoms with Gasteiger partial charge in [0.1, 0.15) is 0 Å². The predicted molar refractivity (Wildman–Crippen MR) is 84.7 cm³/mol. The number of rotatable bonds is 4. The zero-order chi connectivity index (χ0) is 12.9. The number of hydrogen-bond acceptors (Lipinski definition) is 0. The summed E-state index contributed by atoms with van der Waals surface area (Å²) in [6.45, 7) is 0. The summed E-state index contributed by atoms with van der Waals surface area (Å²) in [5, 5.41) is 2.86. The van der Waals surface area contributed by atoms with Crippen molar-refractivity contribution >= 4 is 18.5 Å². The predicted octanol–water partition coefficient (Wildman–Crippen LogP) is 3.77. The first kappa shape index (κ1) is 12.2. The second-order valence-corrected chi connectivity index (χ2v) is 6.66. The maximum absolute atomic E-state index is 3.32. The molecule has 0 amide bonds. The fraction of sp³-hybridized carbons (Fsp3) is 0.0556. The molecule has 0 bridgehead atoms. The molecule has 0 saturated heterocycles. The van der Waals surface area contributed by atoms with Crippen LogP contribution in [0.3, 0.4) is 0 Å². The zero-order valence-electron chi connectivity index (χ0n) is 10.7. The molecule has 0 heterocycles. The Morgan fingerprint density at radius 2 is 1.37 bits per heavy atom. The van der Waals surface area contributed by atoms with Gasteiger partial charge in [0.2, 0.25) is 0 Å². The SMILES string of the molecule is C1=CC=CC=1CP(c1ccccc1)c1ccccc1. The Bertz CT molecular complexity index is 592. The highest BCUT2D eigenvalue weighted by atomic mass is 31.1. The number of hydrogen-bond donors (Lipinski definition) is 0. The van der Waals surface area contributed by atoms with Crippen molar-refractivity contribution in [2.45, 2.75) is 0 Å². The van der Waals surface area contributed by atoms with Gasteiger partial charge in [0, 0.05) is 6.16 Å². The van der Waals surface area contributed by atoms with E-state index in [4.69, 9.17) is 0 Å². The van der Waals surface area contributed by atoms with E-state index in [1.165, 1.54) is 16.2 Å².